The number of hydrogen-bond donors (Lipinski definition) is 1. The van der Waals surface area contributed by atoms with E-state index >= 15 is 0 Å². The summed E-state index contributed by atoms with van der Waals surface area (Å²) >= 11 is 0. The van der Waals surface area contributed by atoms with Crippen LogP contribution < -0.4 is 4.90 Å². The topological polar surface area (TPSA) is 41.9 Å². The fourth-order valence-electron chi connectivity index (χ4n) is 7.76. The van der Waals surface area contributed by atoms with Crippen molar-refractivity contribution in [1.82, 2.24) is 0 Å². The van der Waals surface area contributed by atoms with E-state index < -0.39 is 5.60 Å². The molecule has 28 heavy (non-hydrogen) atoms. The van der Waals surface area contributed by atoms with Crippen LogP contribution in [0.1, 0.15) is 43.2 Å². The summed E-state index contributed by atoms with van der Waals surface area (Å²) in [7, 11) is 2.10. The van der Waals surface area contributed by atoms with Gasteiger partial charge < -0.3 is 10.0 Å². The molecule has 6 aliphatic rings. The molecule has 8 rings (SSSR count). The van der Waals surface area contributed by atoms with Crippen molar-refractivity contribution in [3.05, 3.63) is 53.6 Å². The van der Waals surface area contributed by atoms with Crippen LogP contribution in [-0.2, 0) is 15.4 Å². The lowest BCUT2D eigenvalue weighted by Gasteiger charge is -2.70. The molecule has 4 bridgehead atoms. The van der Waals surface area contributed by atoms with Crippen molar-refractivity contribution >= 4 is 11.4 Å². The number of rotatable bonds is 0. The molecule has 2 aromatic rings. The van der Waals surface area contributed by atoms with Gasteiger partial charge in [0.15, 0.2) is 5.60 Å². The van der Waals surface area contributed by atoms with Crippen molar-refractivity contribution in [2.24, 2.45) is 23.7 Å². The van der Waals surface area contributed by atoms with Gasteiger partial charge in [-0.25, -0.2) is 9.78 Å². The Morgan fingerprint density at radius 3 is 2.21 bits per heavy atom. The first-order chi connectivity index (χ1) is 13.6. The standard InChI is InChI=1S/C24H25NO3/c1-25-21-5-3-2-4-19(21)24(20-13-18(26)6-7-22(20)25)23(27-28-24)16-9-14-8-15(11-16)12-17(23)10-14/h2-7,13-17,26H,8-12H2,1H3. The molecule has 2 heterocycles. The zero-order valence-corrected chi connectivity index (χ0v) is 16.1. The molecular weight excluding hydrogens is 350 g/mol. The molecule has 4 aliphatic carbocycles. The van der Waals surface area contributed by atoms with E-state index in [0.29, 0.717) is 17.6 Å². The molecule has 2 aromatic carbocycles. The smallest absolute Gasteiger partial charge is 0.190 e. The van der Waals surface area contributed by atoms with Gasteiger partial charge in [-0.1, -0.05) is 18.2 Å². The summed E-state index contributed by atoms with van der Waals surface area (Å²) in [5, 5.41) is 10.4. The predicted octanol–water partition coefficient (Wildman–Crippen LogP) is 4.87. The highest BCUT2D eigenvalue weighted by atomic mass is 17.3. The summed E-state index contributed by atoms with van der Waals surface area (Å²) < 4.78 is 0. The van der Waals surface area contributed by atoms with E-state index in [2.05, 4.69) is 36.2 Å². The average molecular weight is 375 g/mol. The molecular formula is C24H25NO3. The summed E-state index contributed by atoms with van der Waals surface area (Å²) in [6, 6.07) is 14.3. The number of aromatic hydroxyl groups is 1. The Balaban J connectivity index is 1.53. The summed E-state index contributed by atoms with van der Waals surface area (Å²) in [5.41, 5.74) is 3.61. The molecule has 144 valence electrons. The van der Waals surface area contributed by atoms with Crippen LogP contribution in [0.5, 0.6) is 5.75 Å². The predicted molar refractivity (Wildman–Crippen MR) is 105 cm³/mol. The van der Waals surface area contributed by atoms with Crippen LogP contribution in [0.4, 0.5) is 11.4 Å². The minimum atomic E-state index is -0.618. The van der Waals surface area contributed by atoms with Crippen molar-refractivity contribution in [1.29, 1.82) is 0 Å². The molecule has 4 saturated carbocycles. The second-order valence-corrected chi connectivity index (χ2v) is 9.72. The lowest BCUT2D eigenvalue weighted by molar-refractivity contribution is -0.583. The van der Waals surface area contributed by atoms with E-state index in [1.54, 1.807) is 6.07 Å². The van der Waals surface area contributed by atoms with Crippen LogP contribution >= 0.6 is 0 Å². The number of phenolic OH excluding ortho intramolecular Hbond substituents is 1. The van der Waals surface area contributed by atoms with Crippen LogP contribution in [0.2, 0.25) is 0 Å². The Bertz CT molecular complexity index is 973. The van der Waals surface area contributed by atoms with E-state index in [0.717, 1.165) is 23.1 Å². The largest absolute Gasteiger partial charge is 0.508 e. The molecule has 4 heteroatoms. The van der Waals surface area contributed by atoms with Gasteiger partial charge >= 0.3 is 0 Å². The van der Waals surface area contributed by atoms with Gasteiger partial charge in [0.2, 0.25) is 0 Å². The van der Waals surface area contributed by atoms with Crippen molar-refractivity contribution in [2.45, 2.75) is 43.3 Å². The molecule has 5 fully saturated rings. The lowest BCUT2D eigenvalue weighted by atomic mass is 9.44. The minimum Gasteiger partial charge on any atom is -0.508 e. The second-order valence-electron chi connectivity index (χ2n) is 9.72. The van der Waals surface area contributed by atoms with Crippen LogP contribution in [0.3, 0.4) is 0 Å². The zero-order valence-electron chi connectivity index (χ0n) is 16.1. The third-order valence-electron chi connectivity index (χ3n) is 8.57. The van der Waals surface area contributed by atoms with E-state index in [1.807, 2.05) is 12.1 Å². The normalized spacial score (nSPS) is 41.8. The van der Waals surface area contributed by atoms with Gasteiger partial charge in [-0.2, -0.15) is 0 Å². The van der Waals surface area contributed by atoms with Crippen LogP contribution in [0.25, 0.3) is 0 Å². The third kappa shape index (κ3) is 1.56. The maximum atomic E-state index is 10.4. The monoisotopic (exact) mass is 375 g/mol. The molecule has 0 amide bonds. The van der Waals surface area contributed by atoms with E-state index in [-0.39, 0.29) is 5.60 Å². The molecule has 0 radical (unpaired) electrons. The molecule has 4 nitrogen and oxygen atoms in total. The van der Waals surface area contributed by atoms with Gasteiger partial charge in [-0.3, -0.25) is 0 Å². The van der Waals surface area contributed by atoms with Crippen molar-refractivity contribution in [3.63, 3.8) is 0 Å². The molecule has 0 aromatic heterocycles. The van der Waals surface area contributed by atoms with Gasteiger partial charge in [0.05, 0.1) is 0 Å². The first-order valence-electron chi connectivity index (χ1n) is 10.7. The van der Waals surface area contributed by atoms with Gasteiger partial charge in [0.1, 0.15) is 11.4 Å². The molecule has 1 atom stereocenters. The van der Waals surface area contributed by atoms with Gasteiger partial charge in [0, 0.05) is 29.5 Å². The van der Waals surface area contributed by atoms with Gasteiger partial charge in [-0.05, 0) is 80.0 Å². The maximum absolute atomic E-state index is 10.4. The minimum absolute atomic E-state index is 0.292. The first kappa shape index (κ1) is 15.8. The molecule has 1 saturated heterocycles. The highest BCUT2D eigenvalue weighted by molar-refractivity contribution is 5.79. The van der Waals surface area contributed by atoms with E-state index in [9.17, 15) is 5.11 Å². The highest BCUT2D eigenvalue weighted by Gasteiger charge is 2.77. The second kappa shape index (κ2) is 4.92. The molecule has 1 N–H and O–H groups in total. The number of fused-ring (bicyclic) bond motifs is 4. The fourth-order valence-corrected chi connectivity index (χ4v) is 7.76. The third-order valence-corrected chi connectivity index (χ3v) is 8.57. The summed E-state index contributed by atoms with van der Waals surface area (Å²) in [6.45, 7) is 0. The fraction of sp³-hybridized carbons (Fsp3) is 0.500. The Labute approximate surface area is 165 Å². The van der Waals surface area contributed by atoms with E-state index in [1.165, 1.54) is 43.4 Å². The maximum Gasteiger partial charge on any atom is 0.190 e. The zero-order chi connectivity index (χ0) is 18.7. The molecule has 2 aliphatic heterocycles. The van der Waals surface area contributed by atoms with Gasteiger partial charge in [0.25, 0.3) is 0 Å². The number of nitrogens with zero attached hydrogens (tertiary/aromatic N) is 1. The Hall–Kier alpha value is -2.04. The quantitative estimate of drug-likeness (QED) is 0.667. The van der Waals surface area contributed by atoms with Crippen molar-refractivity contribution in [2.75, 3.05) is 11.9 Å². The van der Waals surface area contributed by atoms with Crippen LogP contribution in [0.15, 0.2) is 42.5 Å². The number of benzene rings is 2. The number of phenols is 1. The lowest BCUT2D eigenvalue weighted by Crippen LogP contribution is -2.76. The van der Waals surface area contributed by atoms with Crippen molar-refractivity contribution in [3.8, 4) is 5.75 Å². The Morgan fingerprint density at radius 1 is 0.857 bits per heavy atom. The van der Waals surface area contributed by atoms with Crippen LogP contribution in [-0.4, -0.2) is 17.8 Å². The number of anilines is 2. The summed E-state index contributed by atoms with van der Waals surface area (Å²) in [4.78, 5) is 14.8. The SMILES string of the molecule is CN1c2ccccc2C2(OOC23C2CC4CC(C2)CC3C4)c2cc(O)ccc21. The summed E-state index contributed by atoms with van der Waals surface area (Å²) in [5.74, 6) is 3.08. The average Bonchev–Trinajstić information content (AvgIpc) is 2.67. The Morgan fingerprint density at radius 2 is 1.54 bits per heavy atom. The number of hydrogen-bond acceptors (Lipinski definition) is 4. The summed E-state index contributed by atoms with van der Waals surface area (Å²) in [6.07, 6.45) is 6.43. The Kier molecular flexibility index (Phi) is 2.78. The van der Waals surface area contributed by atoms with E-state index in [4.69, 9.17) is 9.78 Å². The molecule has 1 unspecified atom stereocenters. The van der Waals surface area contributed by atoms with Crippen LogP contribution in [0, 0.1) is 23.7 Å². The highest BCUT2D eigenvalue weighted by Crippen LogP contribution is 2.73. The first-order valence-corrected chi connectivity index (χ1v) is 10.7. The van der Waals surface area contributed by atoms with Gasteiger partial charge in [-0.15, -0.1) is 0 Å². The van der Waals surface area contributed by atoms with Crippen molar-refractivity contribution < 1.29 is 14.9 Å². The number of para-hydroxylation sites is 1. The molecule has 2 spiro atoms.